The van der Waals surface area contributed by atoms with Crippen molar-refractivity contribution in [1.82, 2.24) is 0 Å². The van der Waals surface area contributed by atoms with E-state index in [0.29, 0.717) is 16.9 Å². The maximum atomic E-state index is 12.9. The van der Waals surface area contributed by atoms with Crippen molar-refractivity contribution in [3.8, 4) is 0 Å². The Morgan fingerprint density at radius 3 is 2.20 bits per heavy atom. The van der Waals surface area contributed by atoms with Crippen molar-refractivity contribution in [3.63, 3.8) is 0 Å². The van der Waals surface area contributed by atoms with Crippen LogP contribution in [-0.4, -0.2) is 14.3 Å². The molecule has 0 heterocycles. The Morgan fingerprint density at radius 1 is 0.733 bits per heavy atom. The standard InChI is InChI=1S/C24H20N2O3S/c1-17-11-12-20(16-23(17)30(28,29)26-21-9-3-2-4-10-21)24(27)25-22-14-13-18-7-5-6-8-19(18)15-22/h2-16,26H,1H3,(H,25,27). The summed E-state index contributed by atoms with van der Waals surface area (Å²) >= 11 is 0. The van der Waals surface area contributed by atoms with Crippen molar-refractivity contribution in [3.05, 3.63) is 102 Å². The zero-order chi connectivity index (χ0) is 21.1. The molecule has 0 spiro atoms. The topological polar surface area (TPSA) is 75.3 Å². The van der Waals surface area contributed by atoms with Crippen LogP contribution in [0.3, 0.4) is 0 Å². The van der Waals surface area contributed by atoms with E-state index in [-0.39, 0.29) is 16.4 Å². The van der Waals surface area contributed by atoms with Crippen LogP contribution in [0.4, 0.5) is 11.4 Å². The van der Waals surface area contributed by atoms with Crippen molar-refractivity contribution >= 4 is 38.1 Å². The first kappa shape index (κ1) is 19.7. The molecule has 0 aliphatic rings. The van der Waals surface area contributed by atoms with E-state index in [1.807, 2.05) is 42.5 Å². The monoisotopic (exact) mass is 416 g/mol. The number of aryl methyl sites for hydroxylation is 1. The summed E-state index contributed by atoms with van der Waals surface area (Å²) in [5.41, 5.74) is 1.93. The Bertz CT molecular complexity index is 1330. The van der Waals surface area contributed by atoms with Gasteiger partial charge in [0.15, 0.2) is 0 Å². The van der Waals surface area contributed by atoms with Crippen molar-refractivity contribution in [2.24, 2.45) is 0 Å². The first-order chi connectivity index (χ1) is 14.4. The Hall–Kier alpha value is -3.64. The molecule has 0 unspecified atom stereocenters. The Kier molecular flexibility index (Phi) is 5.25. The Labute approximate surface area is 175 Å². The van der Waals surface area contributed by atoms with Gasteiger partial charge in [0.2, 0.25) is 0 Å². The lowest BCUT2D eigenvalue weighted by atomic mass is 10.1. The molecule has 1 amide bonds. The number of nitrogens with one attached hydrogen (secondary N) is 2. The first-order valence-corrected chi connectivity index (χ1v) is 10.9. The fraction of sp³-hybridized carbons (Fsp3) is 0.0417. The van der Waals surface area contributed by atoms with Gasteiger partial charge in [0, 0.05) is 16.9 Å². The molecule has 6 heteroatoms. The lowest BCUT2D eigenvalue weighted by molar-refractivity contribution is 0.102. The molecule has 0 saturated heterocycles. The molecular weight excluding hydrogens is 396 g/mol. The Morgan fingerprint density at radius 2 is 1.43 bits per heavy atom. The molecule has 5 nitrogen and oxygen atoms in total. The average Bonchev–Trinajstić information content (AvgIpc) is 2.74. The molecule has 0 atom stereocenters. The van der Waals surface area contributed by atoms with Gasteiger partial charge in [-0.1, -0.05) is 54.6 Å². The minimum absolute atomic E-state index is 0.0671. The fourth-order valence-corrected chi connectivity index (χ4v) is 4.55. The number of carbonyl (C=O) groups excluding carboxylic acids is 1. The number of rotatable bonds is 5. The van der Waals surface area contributed by atoms with E-state index in [2.05, 4.69) is 10.0 Å². The highest BCUT2D eigenvalue weighted by Gasteiger charge is 2.19. The molecule has 4 rings (SSSR count). The second-order valence-corrected chi connectivity index (χ2v) is 8.62. The third kappa shape index (κ3) is 4.18. The summed E-state index contributed by atoms with van der Waals surface area (Å²) in [5, 5.41) is 4.93. The SMILES string of the molecule is Cc1ccc(C(=O)Nc2ccc3ccccc3c2)cc1S(=O)(=O)Nc1ccccc1. The first-order valence-electron chi connectivity index (χ1n) is 9.41. The van der Waals surface area contributed by atoms with Crippen LogP contribution in [-0.2, 0) is 10.0 Å². The molecule has 0 saturated carbocycles. The van der Waals surface area contributed by atoms with Gasteiger partial charge in [-0.15, -0.1) is 0 Å². The largest absolute Gasteiger partial charge is 0.322 e. The van der Waals surface area contributed by atoms with Crippen LogP contribution in [0.2, 0.25) is 0 Å². The number of hydrogen-bond donors (Lipinski definition) is 2. The van der Waals surface area contributed by atoms with Gasteiger partial charge < -0.3 is 5.32 Å². The van der Waals surface area contributed by atoms with E-state index >= 15 is 0 Å². The van der Waals surface area contributed by atoms with Gasteiger partial charge in [-0.25, -0.2) is 8.42 Å². The van der Waals surface area contributed by atoms with E-state index in [1.54, 1.807) is 49.4 Å². The molecule has 0 radical (unpaired) electrons. The van der Waals surface area contributed by atoms with Crippen LogP contribution >= 0.6 is 0 Å². The van der Waals surface area contributed by atoms with E-state index in [4.69, 9.17) is 0 Å². The normalized spacial score (nSPS) is 11.2. The quantitative estimate of drug-likeness (QED) is 0.469. The van der Waals surface area contributed by atoms with Crippen LogP contribution in [0, 0.1) is 6.92 Å². The molecule has 0 aliphatic carbocycles. The van der Waals surface area contributed by atoms with Gasteiger partial charge in [-0.05, 0) is 59.7 Å². The highest BCUT2D eigenvalue weighted by atomic mass is 32.2. The maximum absolute atomic E-state index is 12.9. The molecule has 2 N–H and O–H groups in total. The predicted octanol–water partition coefficient (Wildman–Crippen LogP) is 5.20. The predicted molar refractivity (Wildman–Crippen MR) is 120 cm³/mol. The van der Waals surface area contributed by atoms with Crippen molar-refractivity contribution < 1.29 is 13.2 Å². The third-order valence-electron chi connectivity index (χ3n) is 4.77. The molecule has 0 fully saturated rings. The number of fused-ring (bicyclic) bond motifs is 1. The van der Waals surface area contributed by atoms with E-state index in [9.17, 15) is 13.2 Å². The van der Waals surface area contributed by atoms with E-state index < -0.39 is 10.0 Å². The van der Waals surface area contributed by atoms with Crippen molar-refractivity contribution in [2.45, 2.75) is 11.8 Å². The zero-order valence-electron chi connectivity index (χ0n) is 16.3. The third-order valence-corrected chi connectivity index (χ3v) is 6.30. The summed E-state index contributed by atoms with van der Waals surface area (Å²) in [7, 11) is -3.83. The summed E-state index contributed by atoms with van der Waals surface area (Å²) in [6.07, 6.45) is 0. The summed E-state index contributed by atoms with van der Waals surface area (Å²) < 4.78 is 28.3. The molecule has 4 aromatic carbocycles. The summed E-state index contributed by atoms with van der Waals surface area (Å²) in [4.78, 5) is 12.8. The number of benzene rings is 4. The van der Waals surface area contributed by atoms with Crippen LogP contribution in [0.15, 0.2) is 95.9 Å². The molecule has 0 bridgehead atoms. The van der Waals surface area contributed by atoms with Crippen LogP contribution < -0.4 is 10.0 Å². The van der Waals surface area contributed by atoms with Crippen LogP contribution in [0.5, 0.6) is 0 Å². The Balaban J connectivity index is 1.60. The molecule has 150 valence electrons. The summed E-state index contributed by atoms with van der Waals surface area (Å²) in [6, 6.07) is 26.8. The number of amides is 1. The van der Waals surface area contributed by atoms with E-state index in [1.165, 1.54) is 6.07 Å². The van der Waals surface area contributed by atoms with Gasteiger partial charge in [-0.2, -0.15) is 0 Å². The molecule has 30 heavy (non-hydrogen) atoms. The van der Waals surface area contributed by atoms with Gasteiger partial charge in [-0.3, -0.25) is 9.52 Å². The van der Waals surface area contributed by atoms with Gasteiger partial charge >= 0.3 is 0 Å². The number of para-hydroxylation sites is 1. The van der Waals surface area contributed by atoms with Crippen LogP contribution in [0.25, 0.3) is 10.8 Å². The zero-order valence-corrected chi connectivity index (χ0v) is 17.1. The summed E-state index contributed by atoms with van der Waals surface area (Å²) in [5.74, 6) is -0.374. The molecule has 4 aromatic rings. The average molecular weight is 417 g/mol. The van der Waals surface area contributed by atoms with Crippen molar-refractivity contribution in [2.75, 3.05) is 10.0 Å². The molecule has 0 aliphatic heterocycles. The molecule has 0 aromatic heterocycles. The second-order valence-electron chi connectivity index (χ2n) is 6.97. The highest BCUT2D eigenvalue weighted by molar-refractivity contribution is 7.92. The number of sulfonamides is 1. The van der Waals surface area contributed by atoms with E-state index in [0.717, 1.165) is 10.8 Å². The smallest absolute Gasteiger partial charge is 0.262 e. The number of hydrogen-bond acceptors (Lipinski definition) is 3. The van der Waals surface area contributed by atoms with Crippen LogP contribution in [0.1, 0.15) is 15.9 Å². The molecular formula is C24H20N2O3S. The lowest BCUT2D eigenvalue weighted by Crippen LogP contribution is -2.17. The van der Waals surface area contributed by atoms with Crippen molar-refractivity contribution in [1.29, 1.82) is 0 Å². The van der Waals surface area contributed by atoms with Gasteiger partial charge in [0.1, 0.15) is 0 Å². The minimum atomic E-state index is -3.83. The minimum Gasteiger partial charge on any atom is -0.322 e. The number of anilines is 2. The highest BCUT2D eigenvalue weighted by Crippen LogP contribution is 2.23. The maximum Gasteiger partial charge on any atom is 0.262 e. The second kappa shape index (κ2) is 8.00. The van der Waals surface area contributed by atoms with Gasteiger partial charge in [0.05, 0.1) is 4.90 Å². The fourth-order valence-electron chi connectivity index (χ4n) is 3.22. The van der Waals surface area contributed by atoms with Gasteiger partial charge in [0.25, 0.3) is 15.9 Å². The summed E-state index contributed by atoms with van der Waals surface area (Å²) in [6.45, 7) is 1.70. The lowest BCUT2D eigenvalue weighted by Gasteiger charge is -2.12. The number of carbonyl (C=O) groups is 1.